The molecular formula is C24H18N2O4. The molecule has 0 unspecified atom stereocenters. The Bertz CT molecular complexity index is 1170. The van der Waals surface area contributed by atoms with E-state index in [4.69, 9.17) is 20.9 Å². The number of benzene rings is 4. The Morgan fingerprint density at radius 2 is 1.03 bits per heavy atom. The molecule has 0 bridgehead atoms. The smallest absolute Gasteiger partial charge is 0.343 e. The van der Waals surface area contributed by atoms with E-state index >= 15 is 0 Å². The first-order valence-electron chi connectivity index (χ1n) is 9.17. The van der Waals surface area contributed by atoms with E-state index in [1.807, 2.05) is 12.1 Å². The van der Waals surface area contributed by atoms with Gasteiger partial charge in [0.25, 0.3) is 0 Å². The van der Waals surface area contributed by atoms with Crippen LogP contribution in [0.4, 0.5) is 11.4 Å². The lowest BCUT2D eigenvalue weighted by molar-refractivity contribution is 0.0726. The first-order valence-corrected chi connectivity index (χ1v) is 9.17. The van der Waals surface area contributed by atoms with Crippen molar-refractivity contribution < 1.29 is 19.1 Å². The second-order valence-electron chi connectivity index (χ2n) is 6.70. The Kier molecular flexibility index (Phi) is 5.05. The van der Waals surface area contributed by atoms with Crippen LogP contribution in [0.3, 0.4) is 0 Å². The average molecular weight is 398 g/mol. The van der Waals surface area contributed by atoms with Crippen molar-refractivity contribution in [3.8, 4) is 11.5 Å². The summed E-state index contributed by atoms with van der Waals surface area (Å²) >= 11 is 0. The van der Waals surface area contributed by atoms with Gasteiger partial charge in [-0.3, -0.25) is 0 Å². The maximum absolute atomic E-state index is 12.3. The molecule has 0 amide bonds. The third-order valence-electron chi connectivity index (χ3n) is 4.45. The molecule has 4 aromatic rings. The number of rotatable bonds is 4. The monoisotopic (exact) mass is 398 g/mol. The predicted molar refractivity (Wildman–Crippen MR) is 116 cm³/mol. The Balaban J connectivity index is 1.55. The van der Waals surface area contributed by atoms with Gasteiger partial charge in [-0.2, -0.15) is 0 Å². The van der Waals surface area contributed by atoms with Crippen LogP contribution in [0.1, 0.15) is 20.7 Å². The van der Waals surface area contributed by atoms with Crippen molar-refractivity contribution in [2.75, 3.05) is 11.5 Å². The number of esters is 2. The number of hydrogen-bond acceptors (Lipinski definition) is 6. The van der Waals surface area contributed by atoms with Gasteiger partial charge in [0.1, 0.15) is 11.5 Å². The van der Waals surface area contributed by atoms with Gasteiger partial charge in [0.2, 0.25) is 0 Å². The molecular weight excluding hydrogens is 380 g/mol. The summed E-state index contributed by atoms with van der Waals surface area (Å²) in [6, 6.07) is 23.6. The molecule has 30 heavy (non-hydrogen) atoms. The van der Waals surface area contributed by atoms with Gasteiger partial charge >= 0.3 is 11.9 Å². The quantitative estimate of drug-likeness (QED) is 0.299. The second-order valence-corrected chi connectivity index (χ2v) is 6.70. The normalized spacial score (nSPS) is 10.5. The summed E-state index contributed by atoms with van der Waals surface area (Å²) in [5.41, 5.74) is 13.1. The maximum atomic E-state index is 12.3. The zero-order chi connectivity index (χ0) is 21.1. The number of anilines is 2. The third-order valence-corrected chi connectivity index (χ3v) is 4.45. The molecule has 0 fully saturated rings. The minimum atomic E-state index is -0.508. The molecule has 0 aliphatic heterocycles. The van der Waals surface area contributed by atoms with Gasteiger partial charge in [0.05, 0.1) is 11.1 Å². The zero-order valence-corrected chi connectivity index (χ0v) is 15.9. The second kappa shape index (κ2) is 7.97. The third kappa shape index (κ3) is 4.23. The summed E-state index contributed by atoms with van der Waals surface area (Å²) in [7, 11) is 0. The number of carbonyl (C=O) groups is 2. The molecule has 0 radical (unpaired) electrons. The lowest BCUT2D eigenvalue weighted by Crippen LogP contribution is -2.09. The van der Waals surface area contributed by atoms with Gasteiger partial charge in [0, 0.05) is 11.4 Å². The van der Waals surface area contributed by atoms with Crippen molar-refractivity contribution in [1.29, 1.82) is 0 Å². The Hall–Kier alpha value is -4.32. The highest BCUT2D eigenvalue weighted by Crippen LogP contribution is 2.26. The van der Waals surface area contributed by atoms with Gasteiger partial charge in [0.15, 0.2) is 0 Å². The van der Waals surface area contributed by atoms with Crippen LogP contribution < -0.4 is 20.9 Å². The van der Waals surface area contributed by atoms with E-state index in [2.05, 4.69) is 0 Å². The van der Waals surface area contributed by atoms with Crippen molar-refractivity contribution in [1.82, 2.24) is 0 Å². The first-order chi connectivity index (χ1) is 14.5. The standard InChI is InChI=1S/C24H18N2O4/c25-19-5-1-3-16(11-19)23(27)29-21-9-7-15-8-10-22(14-18(15)13-21)30-24(28)17-4-2-6-20(26)12-17/h1-14H,25-26H2. The van der Waals surface area contributed by atoms with E-state index in [9.17, 15) is 9.59 Å². The molecule has 148 valence electrons. The fraction of sp³-hybridized carbons (Fsp3) is 0. The molecule has 0 atom stereocenters. The largest absolute Gasteiger partial charge is 0.423 e. The van der Waals surface area contributed by atoms with Gasteiger partial charge < -0.3 is 20.9 Å². The van der Waals surface area contributed by atoms with Crippen LogP contribution in [0, 0.1) is 0 Å². The predicted octanol–water partition coefficient (Wildman–Crippen LogP) is 4.44. The van der Waals surface area contributed by atoms with Crippen molar-refractivity contribution in [3.05, 3.63) is 96.1 Å². The zero-order valence-electron chi connectivity index (χ0n) is 15.9. The van der Waals surface area contributed by atoms with Gasteiger partial charge in [-0.1, -0.05) is 24.3 Å². The average Bonchev–Trinajstić information content (AvgIpc) is 2.73. The molecule has 4 N–H and O–H groups in total. The number of fused-ring (bicyclic) bond motifs is 1. The van der Waals surface area contributed by atoms with Crippen molar-refractivity contribution >= 4 is 34.1 Å². The highest BCUT2D eigenvalue weighted by molar-refractivity contribution is 5.94. The van der Waals surface area contributed by atoms with E-state index < -0.39 is 11.9 Å². The van der Waals surface area contributed by atoms with Crippen molar-refractivity contribution in [2.24, 2.45) is 0 Å². The number of ether oxygens (including phenoxy) is 2. The Labute approximate surface area is 172 Å². The van der Waals surface area contributed by atoms with E-state index in [1.165, 1.54) is 0 Å². The topological polar surface area (TPSA) is 105 Å². The number of nitrogens with two attached hydrogens (primary N) is 2. The molecule has 0 saturated carbocycles. The van der Waals surface area contributed by atoms with Crippen LogP contribution >= 0.6 is 0 Å². The summed E-state index contributed by atoms with van der Waals surface area (Å²) in [6.07, 6.45) is 0. The van der Waals surface area contributed by atoms with Crippen LogP contribution in [0.5, 0.6) is 11.5 Å². The number of carbonyl (C=O) groups excluding carboxylic acids is 2. The van der Waals surface area contributed by atoms with Crippen LogP contribution in [0.25, 0.3) is 10.8 Å². The SMILES string of the molecule is Nc1cccc(C(=O)Oc2ccc3ccc(OC(=O)c4cccc(N)c4)cc3c2)c1. The Morgan fingerprint density at radius 1 is 0.567 bits per heavy atom. The Morgan fingerprint density at radius 3 is 1.47 bits per heavy atom. The number of nitrogen functional groups attached to an aromatic ring is 2. The highest BCUT2D eigenvalue weighted by atomic mass is 16.5. The van der Waals surface area contributed by atoms with Crippen molar-refractivity contribution in [2.45, 2.75) is 0 Å². The molecule has 0 aliphatic carbocycles. The molecule has 4 rings (SSSR count). The van der Waals surface area contributed by atoms with E-state index in [0.717, 1.165) is 10.8 Å². The van der Waals surface area contributed by atoms with Crippen LogP contribution in [-0.4, -0.2) is 11.9 Å². The lowest BCUT2D eigenvalue weighted by Gasteiger charge is -2.08. The molecule has 6 nitrogen and oxygen atoms in total. The lowest BCUT2D eigenvalue weighted by atomic mass is 10.1. The molecule has 0 spiro atoms. The number of hydrogen-bond donors (Lipinski definition) is 2. The van der Waals surface area contributed by atoms with Crippen molar-refractivity contribution in [3.63, 3.8) is 0 Å². The summed E-state index contributed by atoms with van der Waals surface area (Å²) in [5.74, 6) is -0.278. The molecule has 0 saturated heterocycles. The maximum Gasteiger partial charge on any atom is 0.343 e. The minimum absolute atomic E-state index is 0.361. The van der Waals surface area contributed by atoms with Gasteiger partial charge in [-0.25, -0.2) is 9.59 Å². The summed E-state index contributed by atoms with van der Waals surface area (Å²) in [6.45, 7) is 0. The van der Waals surface area contributed by atoms with E-state index in [1.54, 1.807) is 72.8 Å². The van der Waals surface area contributed by atoms with Crippen LogP contribution in [0.15, 0.2) is 84.9 Å². The molecule has 0 aliphatic rings. The van der Waals surface area contributed by atoms with E-state index in [-0.39, 0.29) is 0 Å². The first kappa shape index (κ1) is 19.0. The molecule has 4 aromatic carbocycles. The highest BCUT2D eigenvalue weighted by Gasteiger charge is 2.11. The summed E-state index contributed by atoms with van der Waals surface area (Å²) < 4.78 is 10.9. The summed E-state index contributed by atoms with van der Waals surface area (Å²) in [5, 5.41) is 1.66. The fourth-order valence-corrected chi connectivity index (χ4v) is 2.99. The van der Waals surface area contributed by atoms with Crippen LogP contribution in [-0.2, 0) is 0 Å². The van der Waals surface area contributed by atoms with Gasteiger partial charge in [-0.05, 0) is 71.4 Å². The van der Waals surface area contributed by atoms with Gasteiger partial charge in [-0.15, -0.1) is 0 Å². The molecule has 0 heterocycles. The molecule has 0 aromatic heterocycles. The molecule has 6 heteroatoms. The summed E-state index contributed by atoms with van der Waals surface area (Å²) in [4.78, 5) is 24.7. The van der Waals surface area contributed by atoms with Crippen LogP contribution in [0.2, 0.25) is 0 Å². The van der Waals surface area contributed by atoms with E-state index in [0.29, 0.717) is 34.0 Å². The fourth-order valence-electron chi connectivity index (χ4n) is 2.99. The minimum Gasteiger partial charge on any atom is -0.423 e.